The molecule has 0 saturated heterocycles. The van der Waals surface area contributed by atoms with Crippen LogP contribution in [0, 0.1) is 55.4 Å². The molecule has 0 unspecified atom stereocenters. The fourth-order valence-corrected chi connectivity index (χ4v) is 7.02. The molecule has 4 aromatic rings. The van der Waals surface area contributed by atoms with Gasteiger partial charge in [-0.3, -0.25) is 0 Å². The van der Waals surface area contributed by atoms with Gasteiger partial charge in [-0.15, -0.1) is 0 Å². The van der Waals surface area contributed by atoms with Crippen molar-refractivity contribution >= 4 is 10.0 Å². The van der Waals surface area contributed by atoms with Crippen molar-refractivity contribution in [3.8, 4) is 0 Å². The van der Waals surface area contributed by atoms with E-state index in [1.54, 1.807) is 0 Å². The summed E-state index contributed by atoms with van der Waals surface area (Å²) in [5.74, 6) is 0. The first kappa shape index (κ1) is 33.6. The van der Waals surface area contributed by atoms with Crippen LogP contribution in [0.1, 0.15) is 67.7 Å². The fraction of sp³-hybridized carbons (Fsp3) is 0.294. The van der Waals surface area contributed by atoms with Gasteiger partial charge in [-0.25, -0.2) is 13.1 Å². The molecule has 2 atom stereocenters. The van der Waals surface area contributed by atoms with Gasteiger partial charge in [0.2, 0.25) is 10.0 Å². The van der Waals surface area contributed by atoms with Gasteiger partial charge in [-0.2, -0.15) is 0 Å². The summed E-state index contributed by atoms with van der Waals surface area (Å²) in [7, 11) is -3.81. The van der Waals surface area contributed by atoms with Crippen molar-refractivity contribution in [2.45, 2.75) is 72.4 Å². The van der Waals surface area contributed by atoms with Gasteiger partial charge in [0.25, 0.3) is 0 Å². The number of hydrogen-bond donors (Lipinski definition) is 2. The first-order valence-corrected chi connectivity index (χ1v) is 14.8. The Bertz CT molecular complexity index is 1460. The molecule has 0 amide bonds. The van der Waals surface area contributed by atoms with Crippen LogP contribution >= 0.6 is 0 Å². The second-order valence-electron chi connectivity index (χ2n) is 10.6. The van der Waals surface area contributed by atoms with E-state index in [-0.39, 0.29) is 19.5 Å². The van der Waals surface area contributed by atoms with Crippen molar-refractivity contribution < 1.29 is 27.9 Å². The summed E-state index contributed by atoms with van der Waals surface area (Å²) in [6.45, 7) is 16.1. The maximum atomic E-state index is 13.6. The molecule has 0 radical (unpaired) electrons. The van der Waals surface area contributed by atoms with Crippen LogP contribution in [-0.2, 0) is 29.5 Å². The minimum absolute atomic E-state index is 0. The molecule has 6 heteroatoms. The van der Waals surface area contributed by atoms with Crippen LogP contribution in [0.3, 0.4) is 0 Å². The van der Waals surface area contributed by atoms with E-state index in [0.717, 1.165) is 38.9 Å². The number of benzene rings is 4. The van der Waals surface area contributed by atoms with E-state index in [4.69, 9.17) is 5.73 Å². The number of sulfonamides is 1. The topological polar surface area (TPSA) is 72.2 Å². The fourth-order valence-electron chi connectivity index (χ4n) is 5.17. The third kappa shape index (κ3) is 7.98. The van der Waals surface area contributed by atoms with E-state index in [1.165, 1.54) is 16.7 Å². The van der Waals surface area contributed by atoms with Crippen molar-refractivity contribution in [3.63, 3.8) is 0 Å². The molecule has 4 nitrogen and oxygen atoms in total. The van der Waals surface area contributed by atoms with Gasteiger partial charge >= 0.3 is 0 Å². The second-order valence-corrected chi connectivity index (χ2v) is 12.2. The van der Waals surface area contributed by atoms with E-state index in [2.05, 4.69) is 43.7 Å². The predicted octanol–water partition coefficient (Wildman–Crippen LogP) is 7.56. The molecule has 0 heterocycles. The summed E-state index contributed by atoms with van der Waals surface area (Å²) in [6.07, 6.45) is 0. The first-order chi connectivity index (χ1) is 18.3. The van der Waals surface area contributed by atoms with Crippen LogP contribution in [0.5, 0.6) is 0 Å². The Hall–Kier alpha value is -2.63. The average Bonchev–Trinajstić information content (AvgIpc) is 2.89. The molecule has 4 aromatic carbocycles. The van der Waals surface area contributed by atoms with Gasteiger partial charge < -0.3 is 5.73 Å². The molecule has 0 bridgehead atoms. The minimum Gasteiger partial charge on any atom is -0.322 e. The minimum atomic E-state index is -3.81. The van der Waals surface area contributed by atoms with Crippen molar-refractivity contribution in [3.05, 3.63) is 134 Å². The van der Waals surface area contributed by atoms with Gasteiger partial charge in [0.05, 0.1) is 17.0 Å². The molecule has 0 aliphatic carbocycles. The van der Waals surface area contributed by atoms with Gasteiger partial charge in [0.15, 0.2) is 0 Å². The van der Waals surface area contributed by atoms with Crippen LogP contribution in [0.15, 0.2) is 83.8 Å². The summed E-state index contributed by atoms with van der Waals surface area (Å²) in [5, 5.41) is 0. The Kier molecular flexibility index (Phi) is 12.0. The molecule has 3 N–H and O–H groups in total. The molecule has 0 saturated carbocycles. The number of hydrogen-bond acceptors (Lipinski definition) is 3. The third-order valence-corrected chi connectivity index (χ3v) is 9.26. The van der Waals surface area contributed by atoms with E-state index in [1.807, 2.05) is 95.3 Å². The molecule has 0 aliphatic rings. The molecule has 4 rings (SSSR count). The Balaban J connectivity index is 0.000000477. The summed E-state index contributed by atoms with van der Waals surface area (Å²) < 4.78 is 30.2. The molecule has 0 aliphatic heterocycles. The smallest absolute Gasteiger partial charge is 0.241 e. The van der Waals surface area contributed by atoms with Crippen molar-refractivity contribution in [1.29, 1.82) is 0 Å². The van der Waals surface area contributed by atoms with Crippen LogP contribution < -0.4 is 10.5 Å². The standard InChI is InChI=1S/C25H30N2O2S.C9H12.Ru/c1-16-17(2)19(4)25(20(5)18(16)3)30(28,29)27-24(22-14-10-7-11-15-22)23(26)21-12-8-6-9-13-21;1-7-4-8(2)6-9(3)5-7;/h6-15,23-24,27H,26H2,1-5H3;4-6H,1-3H3;/t23-,24-;;/m1../s1. The number of nitrogens with one attached hydrogen (secondary N) is 1. The number of aryl methyl sites for hydroxylation is 3. The van der Waals surface area contributed by atoms with Crippen LogP contribution in [0.4, 0.5) is 0 Å². The van der Waals surface area contributed by atoms with Gasteiger partial charge in [0.1, 0.15) is 0 Å². The summed E-state index contributed by atoms with van der Waals surface area (Å²) in [5.41, 5.74) is 17.0. The normalized spacial score (nSPS) is 12.5. The maximum absolute atomic E-state index is 13.6. The zero-order chi connectivity index (χ0) is 28.9. The Morgan fingerprint density at radius 1 is 0.575 bits per heavy atom. The Morgan fingerprint density at radius 2 is 0.925 bits per heavy atom. The predicted molar refractivity (Wildman–Crippen MR) is 164 cm³/mol. The van der Waals surface area contributed by atoms with E-state index < -0.39 is 22.1 Å². The van der Waals surface area contributed by atoms with Crippen LogP contribution in [0.25, 0.3) is 0 Å². The van der Waals surface area contributed by atoms with Gasteiger partial charge in [0, 0.05) is 19.5 Å². The summed E-state index contributed by atoms with van der Waals surface area (Å²) in [4.78, 5) is 0.351. The van der Waals surface area contributed by atoms with Crippen molar-refractivity contribution in [2.75, 3.05) is 0 Å². The molecule has 214 valence electrons. The Labute approximate surface area is 254 Å². The van der Waals surface area contributed by atoms with Gasteiger partial charge in [-0.05, 0) is 94.3 Å². The summed E-state index contributed by atoms with van der Waals surface area (Å²) in [6, 6.07) is 24.5. The summed E-state index contributed by atoms with van der Waals surface area (Å²) >= 11 is 0. The molecule has 0 spiro atoms. The zero-order valence-electron chi connectivity index (χ0n) is 24.8. The average molecular weight is 644 g/mol. The van der Waals surface area contributed by atoms with E-state index in [9.17, 15) is 8.42 Å². The monoisotopic (exact) mass is 644 g/mol. The third-order valence-electron chi connectivity index (χ3n) is 7.55. The zero-order valence-corrected chi connectivity index (χ0v) is 27.4. The number of rotatable bonds is 6. The van der Waals surface area contributed by atoms with Crippen molar-refractivity contribution in [2.24, 2.45) is 5.73 Å². The largest absolute Gasteiger partial charge is 0.322 e. The first-order valence-electron chi connectivity index (χ1n) is 13.3. The Morgan fingerprint density at radius 3 is 1.32 bits per heavy atom. The molecule has 0 aromatic heterocycles. The van der Waals surface area contributed by atoms with Crippen LogP contribution in [-0.4, -0.2) is 8.42 Å². The molecular weight excluding hydrogens is 602 g/mol. The quantitative estimate of drug-likeness (QED) is 0.213. The molecule has 40 heavy (non-hydrogen) atoms. The second kappa shape index (κ2) is 14.3. The van der Waals surface area contributed by atoms with Crippen LogP contribution in [0.2, 0.25) is 0 Å². The maximum Gasteiger partial charge on any atom is 0.241 e. The number of nitrogens with two attached hydrogens (primary N) is 1. The van der Waals surface area contributed by atoms with E-state index in [0.29, 0.717) is 4.90 Å². The molecular formula is C34H42N2O2RuS. The molecule has 0 fully saturated rings. The van der Waals surface area contributed by atoms with E-state index >= 15 is 0 Å². The SMILES string of the molecule is Cc1c(C)c(C)c(S(=O)(=O)N[C@H](c2ccccc2)[C@H](N)c2ccccc2)c(C)c1C.Cc1cc(C)cc(C)c1.[Ru]. The van der Waals surface area contributed by atoms with Gasteiger partial charge in [-0.1, -0.05) is 95.6 Å². The van der Waals surface area contributed by atoms with Crippen molar-refractivity contribution in [1.82, 2.24) is 4.72 Å².